The van der Waals surface area contributed by atoms with Crippen LogP contribution >= 0.6 is 0 Å². The molecule has 186 valence electrons. The molecular weight excluding hydrogens is 466 g/mol. The van der Waals surface area contributed by atoms with Crippen molar-refractivity contribution in [2.45, 2.75) is 25.0 Å². The molecule has 0 aliphatic heterocycles. The molecule has 2 aromatic carbocycles. The van der Waals surface area contributed by atoms with Gasteiger partial charge in [-0.25, -0.2) is 13.8 Å². The highest BCUT2D eigenvalue weighted by atomic mass is 19.2. The van der Waals surface area contributed by atoms with Crippen molar-refractivity contribution in [3.8, 4) is 11.5 Å². The number of nitrogens with one attached hydrogen (secondary N) is 2. The van der Waals surface area contributed by atoms with Gasteiger partial charge in [0.25, 0.3) is 0 Å². The molecule has 2 heterocycles. The van der Waals surface area contributed by atoms with Gasteiger partial charge in [-0.3, -0.25) is 4.98 Å². The molecule has 2 N–H and O–H groups in total. The summed E-state index contributed by atoms with van der Waals surface area (Å²) in [7, 11) is 5.77. The van der Waals surface area contributed by atoms with Crippen LogP contribution < -0.4 is 20.1 Å². The van der Waals surface area contributed by atoms with Crippen molar-refractivity contribution < 1.29 is 18.3 Å². The first-order chi connectivity index (χ1) is 17.4. The summed E-state index contributed by atoms with van der Waals surface area (Å²) in [6.45, 7) is 0. The zero-order valence-electron chi connectivity index (χ0n) is 20.1. The van der Waals surface area contributed by atoms with E-state index in [0.29, 0.717) is 40.4 Å². The van der Waals surface area contributed by atoms with Crippen molar-refractivity contribution >= 4 is 34.0 Å². The highest BCUT2D eigenvalue weighted by molar-refractivity contribution is 5.83. The molecule has 5 rings (SSSR count). The van der Waals surface area contributed by atoms with Gasteiger partial charge in [0.15, 0.2) is 23.1 Å². The minimum absolute atomic E-state index is 0.0261. The third-order valence-electron chi connectivity index (χ3n) is 6.19. The fourth-order valence-corrected chi connectivity index (χ4v) is 4.05. The average molecular weight is 493 g/mol. The molecule has 0 saturated heterocycles. The summed E-state index contributed by atoms with van der Waals surface area (Å²) in [6.07, 6.45) is 5.18. The van der Waals surface area contributed by atoms with Crippen LogP contribution in [0.2, 0.25) is 0 Å². The Morgan fingerprint density at radius 1 is 0.944 bits per heavy atom. The molecule has 10 heteroatoms. The SMILES string of the molecule is COc1cc(Nc2nccc(Nc3cnc4c(F)c(F)ccc4c3)n2)ccc1OC1CC(N(C)C)C1. The summed E-state index contributed by atoms with van der Waals surface area (Å²) >= 11 is 0. The van der Waals surface area contributed by atoms with Gasteiger partial charge in [0, 0.05) is 29.4 Å². The lowest BCUT2D eigenvalue weighted by Crippen LogP contribution is -2.46. The lowest BCUT2D eigenvalue weighted by atomic mass is 9.88. The van der Waals surface area contributed by atoms with Gasteiger partial charge in [0.05, 0.1) is 19.0 Å². The lowest BCUT2D eigenvalue weighted by molar-refractivity contribution is 0.0383. The van der Waals surface area contributed by atoms with E-state index in [9.17, 15) is 8.78 Å². The van der Waals surface area contributed by atoms with E-state index in [1.807, 2.05) is 18.2 Å². The van der Waals surface area contributed by atoms with Crippen LogP contribution in [0.4, 0.5) is 31.9 Å². The molecule has 36 heavy (non-hydrogen) atoms. The van der Waals surface area contributed by atoms with Crippen LogP contribution in [0.3, 0.4) is 0 Å². The Morgan fingerprint density at radius 2 is 1.78 bits per heavy atom. The fourth-order valence-electron chi connectivity index (χ4n) is 4.05. The van der Waals surface area contributed by atoms with Crippen LogP contribution in [0.1, 0.15) is 12.8 Å². The van der Waals surface area contributed by atoms with E-state index in [-0.39, 0.29) is 11.6 Å². The van der Waals surface area contributed by atoms with Crippen LogP contribution in [0.5, 0.6) is 11.5 Å². The Morgan fingerprint density at radius 3 is 2.56 bits per heavy atom. The summed E-state index contributed by atoms with van der Waals surface area (Å²) in [5, 5.41) is 6.76. The first kappa shape index (κ1) is 23.7. The summed E-state index contributed by atoms with van der Waals surface area (Å²) in [6, 6.07) is 12.1. The van der Waals surface area contributed by atoms with E-state index in [1.54, 1.807) is 25.4 Å². The molecule has 8 nitrogen and oxygen atoms in total. The van der Waals surface area contributed by atoms with Crippen molar-refractivity contribution in [1.82, 2.24) is 19.9 Å². The standard InChI is InChI=1S/C26H26F2N6O2/c1-34(2)18-12-19(13-18)36-21-7-5-16(11-22(21)35-3)32-26-29-9-8-23(33-26)31-17-10-15-4-6-20(27)24(28)25(15)30-14-17/h4-11,14,18-19H,12-13H2,1-3H3,(H2,29,31,32,33). The molecule has 1 saturated carbocycles. The van der Waals surface area contributed by atoms with Crippen molar-refractivity contribution in [2.75, 3.05) is 31.8 Å². The molecule has 2 aromatic heterocycles. The van der Waals surface area contributed by atoms with Crippen LogP contribution in [-0.2, 0) is 0 Å². The molecule has 0 atom stereocenters. The monoisotopic (exact) mass is 492 g/mol. The first-order valence-corrected chi connectivity index (χ1v) is 11.5. The van der Waals surface area contributed by atoms with Crippen LogP contribution in [0, 0.1) is 11.6 Å². The number of rotatable bonds is 8. The van der Waals surface area contributed by atoms with Crippen molar-refractivity contribution in [1.29, 1.82) is 0 Å². The molecule has 0 bridgehead atoms. The second-order valence-electron chi connectivity index (χ2n) is 8.87. The van der Waals surface area contributed by atoms with Crippen LogP contribution in [-0.4, -0.2) is 53.2 Å². The van der Waals surface area contributed by atoms with Gasteiger partial charge in [0.2, 0.25) is 5.95 Å². The maximum absolute atomic E-state index is 13.9. The predicted octanol–water partition coefficient (Wildman–Crippen LogP) is 5.27. The second-order valence-corrected chi connectivity index (χ2v) is 8.87. The van der Waals surface area contributed by atoms with E-state index in [4.69, 9.17) is 9.47 Å². The Kier molecular flexibility index (Phi) is 6.51. The van der Waals surface area contributed by atoms with E-state index in [1.165, 1.54) is 12.3 Å². The largest absolute Gasteiger partial charge is 0.493 e. The Hall–Kier alpha value is -4.05. The molecular formula is C26H26F2N6O2. The number of methoxy groups -OCH3 is 1. The molecule has 4 aromatic rings. The summed E-state index contributed by atoms with van der Waals surface area (Å²) < 4.78 is 39.0. The highest BCUT2D eigenvalue weighted by Crippen LogP contribution is 2.36. The van der Waals surface area contributed by atoms with Crippen LogP contribution in [0.25, 0.3) is 10.9 Å². The number of ether oxygens (including phenoxy) is 2. The van der Waals surface area contributed by atoms with Gasteiger partial charge >= 0.3 is 0 Å². The van der Waals surface area contributed by atoms with Gasteiger partial charge in [-0.1, -0.05) is 0 Å². The number of aromatic nitrogens is 3. The Balaban J connectivity index is 1.27. The van der Waals surface area contributed by atoms with Crippen LogP contribution in [0.15, 0.2) is 54.9 Å². The van der Waals surface area contributed by atoms with Gasteiger partial charge < -0.3 is 25.0 Å². The Bertz CT molecular complexity index is 1390. The van der Waals surface area contributed by atoms with Gasteiger partial charge in [-0.15, -0.1) is 0 Å². The highest BCUT2D eigenvalue weighted by Gasteiger charge is 2.32. The zero-order chi connectivity index (χ0) is 25.2. The smallest absolute Gasteiger partial charge is 0.229 e. The van der Waals surface area contributed by atoms with Gasteiger partial charge in [0.1, 0.15) is 17.4 Å². The van der Waals surface area contributed by atoms with E-state index < -0.39 is 11.6 Å². The summed E-state index contributed by atoms with van der Waals surface area (Å²) in [4.78, 5) is 15.0. The number of anilines is 4. The van der Waals surface area contributed by atoms with Crippen molar-refractivity contribution in [3.63, 3.8) is 0 Å². The number of hydrogen-bond donors (Lipinski definition) is 2. The average Bonchev–Trinajstić information content (AvgIpc) is 2.84. The lowest BCUT2D eigenvalue weighted by Gasteiger charge is -2.39. The van der Waals surface area contributed by atoms with E-state index >= 15 is 0 Å². The minimum Gasteiger partial charge on any atom is -0.493 e. The number of halogens is 2. The third kappa shape index (κ3) is 4.99. The third-order valence-corrected chi connectivity index (χ3v) is 6.19. The normalized spacial score (nSPS) is 17.1. The molecule has 1 fully saturated rings. The summed E-state index contributed by atoms with van der Waals surface area (Å²) in [5.41, 5.74) is 1.29. The van der Waals surface area contributed by atoms with Crippen molar-refractivity contribution in [2.24, 2.45) is 0 Å². The Labute approximate surface area is 207 Å². The second kappa shape index (κ2) is 9.90. The maximum Gasteiger partial charge on any atom is 0.229 e. The molecule has 0 spiro atoms. The fraction of sp³-hybridized carbons (Fsp3) is 0.269. The maximum atomic E-state index is 13.9. The topological polar surface area (TPSA) is 84.4 Å². The van der Waals surface area contributed by atoms with Gasteiger partial charge in [-0.2, -0.15) is 4.98 Å². The number of nitrogens with zero attached hydrogens (tertiary/aromatic N) is 4. The molecule has 0 radical (unpaired) electrons. The molecule has 0 amide bonds. The zero-order valence-corrected chi connectivity index (χ0v) is 20.1. The number of pyridine rings is 1. The van der Waals surface area contributed by atoms with Gasteiger partial charge in [-0.05, 0) is 63.3 Å². The minimum atomic E-state index is -0.968. The quantitative estimate of drug-likeness (QED) is 0.344. The molecule has 1 aliphatic rings. The predicted molar refractivity (Wildman–Crippen MR) is 134 cm³/mol. The summed E-state index contributed by atoms with van der Waals surface area (Å²) in [5.74, 6) is 0.286. The number of hydrogen-bond acceptors (Lipinski definition) is 8. The number of fused-ring (bicyclic) bond motifs is 1. The number of benzene rings is 2. The molecule has 0 unspecified atom stereocenters. The van der Waals surface area contributed by atoms with Crippen molar-refractivity contribution in [3.05, 3.63) is 66.5 Å². The first-order valence-electron chi connectivity index (χ1n) is 11.5. The van der Waals surface area contributed by atoms with E-state index in [0.717, 1.165) is 24.6 Å². The van der Waals surface area contributed by atoms with E-state index in [2.05, 4.69) is 44.6 Å². The molecule has 1 aliphatic carbocycles.